The van der Waals surface area contributed by atoms with Gasteiger partial charge >= 0.3 is 0 Å². The maximum atomic E-state index is 13.3. The SMILES string of the molecule is CCc1nc2ccc(NCCCN(C)C)c3c(=O)c4ccccc4n1c23. The largest absolute Gasteiger partial charge is 0.384 e. The van der Waals surface area contributed by atoms with E-state index in [4.69, 9.17) is 4.98 Å². The van der Waals surface area contributed by atoms with Gasteiger partial charge in [-0.15, -0.1) is 0 Å². The van der Waals surface area contributed by atoms with Crippen LogP contribution in [0.5, 0.6) is 0 Å². The molecule has 2 aromatic heterocycles. The highest BCUT2D eigenvalue weighted by molar-refractivity contribution is 6.07. The third-order valence-corrected chi connectivity index (χ3v) is 4.92. The molecule has 134 valence electrons. The van der Waals surface area contributed by atoms with Gasteiger partial charge < -0.3 is 10.2 Å². The first-order chi connectivity index (χ1) is 12.6. The van der Waals surface area contributed by atoms with Crippen molar-refractivity contribution in [2.24, 2.45) is 0 Å². The molecular formula is C21H24N4O. The Morgan fingerprint density at radius 3 is 2.73 bits per heavy atom. The van der Waals surface area contributed by atoms with E-state index in [2.05, 4.69) is 35.6 Å². The van der Waals surface area contributed by atoms with Crippen LogP contribution in [0.3, 0.4) is 0 Å². The molecule has 4 rings (SSSR count). The van der Waals surface area contributed by atoms with Gasteiger partial charge in [-0.2, -0.15) is 0 Å². The second kappa shape index (κ2) is 6.57. The Labute approximate surface area is 152 Å². The molecule has 0 unspecified atom stereocenters. The summed E-state index contributed by atoms with van der Waals surface area (Å²) in [6.45, 7) is 3.95. The quantitative estimate of drug-likeness (QED) is 0.429. The van der Waals surface area contributed by atoms with Gasteiger partial charge in [0, 0.05) is 24.0 Å². The maximum Gasteiger partial charge on any atom is 0.199 e. The van der Waals surface area contributed by atoms with Gasteiger partial charge in [-0.1, -0.05) is 19.1 Å². The molecule has 0 bridgehead atoms. The van der Waals surface area contributed by atoms with Crippen LogP contribution in [0, 0.1) is 0 Å². The molecule has 0 aliphatic rings. The predicted molar refractivity (Wildman–Crippen MR) is 109 cm³/mol. The summed E-state index contributed by atoms with van der Waals surface area (Å²) in [5.41, 5.74) is 3.74. The molecule has 2 heterocycles. The Balaban J connectivity index is 1.95. The summed E-state index contributed by atoms with van der Waals surface area (Å²) >= 11 is 0. The molecule has 0 fully saturated rings. The van der Waals surface area contributed by atoms with Crippen LogP contribution in [0.1, 0.15) is 19.2 Å². The molecule has 0 amide bonds. The molecular weight excluding hydrogens is 324 g/mol. The lowest BCUT2D eigenvalue weighted by molar-refractivity contribution is 0.405. The van der Waals surface area contributed by atoms with Gasteiger partial charge in [0.15, 0.2) is 5.43 Å². The number of aryl methyl sites for hydroxylation is 1. The Morgan fingerprint density at radius 1 is 1.15 bits per heavy atom. The maximum absolute atomic E-state index is 13.3. The van der Waals surface area contributed by atoms with Crippen molar-refractivity contribution in [1.29, 1.82) is 0 Å². The van der Waals surface area contributed by atoms with Gasteiger partial charge in [0.1, 0.15) is 5.82 Å². The van der Waals surface area contributed by atoms with Crippen molar-refractivity contribution < 1.29 is 0 Å². The Bertz CT molecular complexity index is 1130. The van der Waals surface area contributed by atoms with E-state index in [9.17, 15) is 4.79 Å². The highest BCUT2D eigenvalue weighted by Crippen LogP contribution is 2.30. The number of hydrogen-bond acceptors (Lipinski definition) is 4. The number of anilines is 1. The number of para-hydroxylation sites is 1. The second-order valence-electron chi connectivity index (χ2n) is 7.00. The van der Waals surface area contributed by atoms with Crippen LogP contribution in [-0.2, 0) is 6.42 Å². The molecule has 5 nitrogen and oxygen atoms in total. The van der Waals surface area contributed by atoms with E-state index < -0.39 is 0 Å². The average molecular weight is 348 g/mol. The minimum Gasteiger partial charge on any atom is -0.384 e. The molecule has 5 heteroatoms. The van der Waals surface area contributed by atoms with Crippen LogP contribution >= 0.6 is 0 Å². The van der Waals surface area contributed by atoms with E-state index in [0.717, 1.165) is 64.8 Å². The number of rotatable bonds is 6. The van der Waals surface area contributed by atoms with Gasteiger partial charge in [0.2, 0.25) is 0 Å². The number of imidazole rings is 1. The summed E-state index contributed by atoms with van der Waals surface area (Å²) in [6.07, 6.45) is 1.84. The summed E-state index contributed by atoms with van der Waals surface area (Å²) in [5, 5.41) is 4.97. The molecule has 26 heavy (non-hydrogen) atoms. The van der Waals surface area contributed by atoms with Crippen molar-refractivity contribution in [2.45, 2.75) is 19.8 Å². The van der Waals surface area contributed by atoms with Crippen molar-refractivity contribution in [2.75, 3.05) is 32.5 Å². The molecule has 0 radical (unpaired) electrons. The minimum atomic E-state index is 0.0800. The number of aromatic nitrogens is 2. The third kappa shape index (κ3) is 2.59. The van der Waals surface area contributed by atoms with Crippen molar-refractivity contribution in [3.8, 4) is 0 Å². The summed E-state index contributed by atoms with van der Waals surface area (Å²) in [5.74, 6) is 0.992. The zero-order valence-electron chi connectivity index (χ0n) is 15.5. The Morgan fingerprint density at radius 2 is 1.96 bits per heavy atom. The molecule has 4 aromatic rings. The summed E-state index contributed by atoms with van der Waals surface area (Å²) in [4.78, 5) is 20.2. The first-order valence-electron chi connectivity index (χ1n) is 9.19. The number of benzene rings is 2. The van der Waals surface area contributed by atoms with Crippen molar-refractivity contribution in [1.82, 2.24) is 14.3 Å². The van der Waals surface area contributed by atoms with Crippen molar-refractivity contribution in [3.05, 3.63) is 52.4 Å². The summed E-state index contributed by atoms with van der Waals surface area (Å²) in [6, 6.07) is 11.8. The van der Waals surface area contributed by atoms with Gasteiger partial charge in [-0.3, -0.25) is 9.20 Å². The van der Waals surface area contributed by atoms with E-state index in [-0.39, 0.29) is 5.43 Å². The van der Waals surface area contributed by atoms with Crippen molar-refractivity contribution >= 4 is 33.0 Å². The molecule has 1 N–H and O–H groups in total. The molecule has 0 aliphatic heterocycles. The van der Waals surface area contributed by atoms with Gasteiger partial charge in [0.05, 0.1) is 21.9 Å². The Kier molecular flexibility index (Phi) is 4.24. The molecule has 0 saturated carbocycles. The third-order valence-electron chi connectivity index (χ3n) is 4.92. The van der Waals surface area contributed by atoms with Gasteiger partial charge in [-0.25, -0.2) is 4.98 Å². The summed E-state index contributed by atoms with van der Waals surface area (Å²) in [7, 11) is 4.14. The lowest BCUT2D eigenvalue weighted by atomic mass is 10.1. The molecule has 0 spiro atoms. The minimum absolute atomic E-state index is 0.0800. The topological polar surface area (TPSA) is 49.6 Å². The predicted octanol–water partition coefficient (Wildman–Crippen LogP) is 3.36. The number of nitrogens with zero attached hydrogens (tertiary/aromatic N) is 3. The number of pyridine rings is 1. The fraction of sp³-hybridized carbons (Fsp3) is 0.333. The fourth-order valence-corrected chi connectivity index (χ4v) is 3.70. The molecule has 2 aromatic carbocycles. The summed E-state index contributed by atoms with van der Waals surface area (Å²) < 4.78 is 2.16. The van der Waals surface area contributed by atoms with Crippen LogP contribution in [0.2, 0.25) is 0 Å². The Hall–Kier alpha value is -2.66. The van der Waals surface area contributed by atoms with E-state index in [0.29, 0.717) is 0 Å². The molecule has 0 aliphatic carbocycles. The second-order valence-corrected chi connectivity index (χ2v) is 7.00. The highest BCUT2D eigenvalue weighted by Gasteiger charge is 2.18. The number of fused-ring (bicyclic) bond motifs is 2. The lowest BCUT2D eigenvalue weighted by Crippen LogP contribution is -2.17. The first kappa shape index (κ1) is 16.8. The first-order valence-corrected chi connectivity index (χ1v) is 9.19. The van der Waals surface area contributed by atoms with Crippen molar-refractivity contribution in [3.63, 3.8) is 0 Å². The lowest BCUT2D eigenvalue weighted by Gasteiger charge is -2.13. The zero-order chi connectivity index (χ0) is 18.3. The van der Waals surface area contributed by atoms with Crippen LogP contribution < -0.4 is 10.7 Å². The molecule has 0 atom stereocenters. The van der Waals surface area contributed by atoms with Gasteiger partial charge in [0.25, 0.3) is 0 Å². The van der Waals surface area contributed by atoms with E-state index in [1.54, 1.807) is 0 Å². The number of hydrogen-bond donors (Lipinski definition) is 1. The normalized spacial score (nSPS) is 12.0. The van der Waals surface area contributed by atoms with E-state index >= 15 is 0 Å². The van der Waals surface area contributed by atoms with Crippen LogP contribution in [0.25, 0.3) is 27.3 Å². The smallest absolute Gasteiger partial charge is 0.199 e. The van der Waals surface area contributed by atoms with Gasteiger partial charge in [-0.05, 0) is 51.3 Å². The van der Waals surface area contributed by atoms with Crippen LogP contribution in [0.4, 0.5) is 5.69 Å². The monoisotopic (exact) mass is 348 g/mol. The highest BCUT2D eigenvalue weighted by atomic mass is 16.1. The van der Waals surface area contributed by atoms with E-state index in [1.807, 2.05) is 36.4 Å². The zero-order valence-corrected chi connectivity index (χ0v) is 15.5. The van der Waals surface area contributed by atoms with Crippen LogP contribution in [-0.4, -0.2) is 41.5 Å². The molecule has 0 saturated heterocycles. The van der Waals surface area contributed by atoms with E-state index in [1.165, 1.54) is 0 Å². The van der Waals surface area contributed by atoms with Crippen LogP contribution in [0.15, 0.2) is 41.2 Å². The standard InChI is InChI=1S/C21H24N4O/c1-4-18-23-16-11-10-15(22-12-7-13-24(2)3)19-20(16)25(18)17-9-6-5-8-14(17)21(19)26/h5-6,8-11,22H,4,7,12-13H2,1-3H3. The number of nitrogens with one attached hydrogen (secondary N) is 1. The average Bonchev–Trinajstić information content (AvgIpc) is 3.02. The fourth-order valence-electron chi connectivity index (χ4n) is 3.70.